The van der Waals surface area contributed by atoms with E-state index < -0.39 is 0 Å². The topological polar surface area (TPSA) is 96.0 Å². The van der Waals surface area contributed by atoms with Crippen LogP contribution < -0.4 is 5.32 Å². The van der Waals surface area contributed by atoms with Crippen LogP contribution in [-0.4, -0.2) is 50.7 Å². The summed E-state index contributed by atoms with van der Waals surface area (Å²) in [6.07, 6.45) is -0.307. The zero-order chi connectivity index (χ0) is 22.2. The van der Waals surface area contributed by atoms with Gasteiger partial charge < -0.3 is 15.0 Å². The molecule has 1 fully saturated rings. The van der Waals surface area contributed by atoms with E-state index in [1.54, 1.807) is 16.2 Å². The van der Waals surface area contributed by atoms with Gasteiger partial charge >= 0.3 is 0 Å². The highest BCUT2D eigenvalue weighted by Crippen LogP contribution is 2.28. The molecule has 1 aliphatic heterocycles. The highest BCUT2D eigenvalue weighted by atomic mass is 32.1. The third-order valence-corrected chi connectivity index (χ3v) is 6.32. The van der Waals surface area contributed by atoms with Crippen molar-refractivity contribution in [2.75, 3.05) is 25.0 Å². The summed E-state index contributed by atoms with van der Waals surface area (Å²) in [5.74, 6) is -0.0978. The first-order valence-corrected chi connectivity index (χ1v) is 11.4. The quantitative estimate of drug-likeness (QED) is 0.483. The second-order valence-electron chi connectivity index (χ2n) is 8.07. The number of carbonyl (C=O) groups is 1. The standard InChI is InChI=1S/C23H24N6O2S/c1-13-4-5-18-17(8-13)21(28-27-18)22(30)29-6-7-31-20(11-29)19-10-16(9-14(2)24-19)26-23-25-15(3)12-32-23/h4-5,8-10,12,20H,6-7,11H2,1-3H3,(H,27,28)(H,24,25,26). The van der Waals surface area contributed by atoms with Gasteiger partial charge in [-0.2, -0.15) is 5.10 Å². The number of benzene rings is 1. The number of nitrogens with zero attached hydrogens (tertiary/aromatic N) is 4. The number of carbonyl (C=O) groups excluding carboxylic acids is 1. The Labute approximate surface area is 189 Å². The minimum Gasteiger partial charge on any atom is -0.368 e. The van der Waals surface area contributed by atoms with Crippen LogP contribution in [0.2, 0.25) is 0 Å². The summed E-state index contributed by atoms with van der Waals surface area (Å²) in [5, 5.41) is 14.3. The minimum atomic E-state index is -0.307. The van der Waals surface area contributed by atoms with E-state index in [9.17, 15) is 4.79 Å². The van der Waals surface area contributed by atoms with E-state index in [1.807, 2.05) is 56.5 Å². The number of anilines is 2. The van der Waals surface area contributed by atoms with Crippen LogP contribution in [0.25, 0.3) is 10.9 Å². The average molecular weight is 449 g/mol. The van der Waals surface area contributed by atoms with Crippen molar-refractivity contribution >= 4 is 39.0 Å². The van der Waals surface area contributed by atoms with Crippen LogP contribution in [0.3, 0.4) is 0 Å². The molecule has 0 radical (unpaired) electrons. The molecule has 32 heavy (non-hydrogen) atoms. The fourth-order valence-electron chi connectivity index (χ4n) is 3.92. The molecule has 1 aromatic carbocycles. The lowest BCUT2D eigenvalue weighted by Gasteiger charge is -2.32. The summed E-state index contributed by atoms with van der Waals surface area (Å²) in [6.45, 7) is 7.31. The molecule has 1 saturated heterocycles. The van der Waals surface area contributed by atoms with Crippen LogP contribution in [0.15, 0.2) is 35.7 Å². The van der Waals surface area contributed by atoms with Gasteiger partial charge in [-0.25, -0.2) is 4.98 Å². The van der Waals surface area contributed by atoms with Crippen LogP contribution in [-0.2, 0) is 4.74 Å². The first kappa shape index (κ1) is 20.6. The monoisotopic (exact) mass is 448 g/mol. The number of aromatic amines is 1. The number of H-pyrrole nitrogens is 1. The molecular weight excluding hydrogens is 424 g/mol. The van der Waals surface area contributed by atoms with E-state index in [0.717, 1.165) is 44.4 Å². The molecule has 0 spiro atoms. The number of hydrogen-bond acceptors (Lipinski definition) is 7. The SMILES string of the molecule is Cc1ccc2[nH]nc(C(=O)N3CCOC(c4cc(Nc5nc(C)cs5)cc(C)n4)C3)c2c1. The number of hydrogen-bond donors (Lipinski definition) is 2. The lowest BCUT2D eigenvalue weighted by molar-refractivity contribution is -0.0248. The number of thiazole rings is 1. The smallest absolute Gasteiger partial charge is 0.275 e. The van der Waals surface area contributed by atoms with Gasteiger partial charge in [-0.05, 0) is 45.0 Å². The third kappa shape index (κ3) is 4.09. The predicted molar refractivity (Wildman–Crippen MR) is 125 cm³/mol. The highest BCUT2D eigenvalue weighted by Gasteiger charge is 2.29. The zero-order valence-corrected chi connectivity index (χ0v) is 19.0. The summed E-state index contributed by atoms with van der Waals surface area (Å²) in [4.78, 5) is 24.2. The van der Waals surface area contributed by atoms with Gasteiger partial charge in [0, 0.05) is 28.7 Å². The Morgan fingerprint density at radius 1 is 1.19 bits per heavy atom. The van der Waals surface area contributed by atoms with Gasteiger partial charge in [0.05, 0.1) is 30.1 Å². The third-order valence-electron chi connectivity index (χ3n) is 5.45. The number of rotatable bonds is 4. The van der Waals surface area contributed by atoms with Crippen molar-refractivity contribution in [1.29, 1.82) is 0 Å². The summed E-state index contributed by atoms with van der Waals surface area (Å²) in [5.41, 5.74) is 5.95. The fourth-order valence-corrected chi connectivity index (χ4v) is 4.63. The summed E-state index contributed by atoms with van der Waals surface area (Å²) >= 11 is 1.56. The van der Waals surface area contributed by atoms with E-state index in [4.69, 9.17) is 4.74 Å². The molecule has 3 aromatic heterocycles. The van der Waals surface area contributed by atoms with Gasteiger partial charge in [0.1, 0.15) is 6.10 Å². The number of morpholine rings is 1. The summed E-state index contributed by atoms with van der Waals surface area (Å²) in [7, 11) is 0. The van der Waals surface area contributed by atoms with Crippen molar-refractivity contribution in [3.63, 3.8) is 0 Å². The van der Waals surface area contributed by atoms with Crippen LogP contribution >= 0.6 is 11.3 Å². The maximum Gasteiger partial charge on any atom is 0.275 e. The van der Waals surface area contributed by atoms with Gasteiger partial charge in [0.15, 0.2) is 10.8 Å². The molecule has 164 valence electrons. The Kier molecular flexibility index (Phi) is 5.36. The van der Waals surface area contributed by atoms with Gasteiger partial charge in [0.25, 0.3) is 5.91 Å². The van der Waals surface area contributed by atoms with Crippen molar-refractivity contribution in [2.24, 2.45) is 0 Å². The van der Waals surface area contributed by atoms with E-state index >= 15 is 0 Å². The molecule has 0 aliphatic carbocycles. The minimum absolute atomic E-state index is 0.0978. The van der Waals surface area contributed by atoms with Gasteiger partial charge in [-0.3, -0.25) is 14.9 Å². The van der Waals surface area contributed by atoms with Crippen molar-refractivity contribution in [3.8, 4) is 0 Å². The number of pyridine rings is 1. The van der Waals surface area contributed by atoms with Gasteiger partial charge in [-0.1, -0.05) is 11.6 Å². The molecule has 0 saturated carbocycles. The van der Waals surface area contributed by atoms with Crippen molar-refractivity contribution in [2.45, 2.75) is 26.9 Å². The first-order chi connectivity index (χ1) is 15.5. The number of nitrogens with one attached hydrogen (secondary N) is 2. The first-order valence-electron chi connectivity index (χ1n) is 10.5. The molecule has 1 aliphatic rings. The van der Waals surface area contributed by atoms with Crippen LogP contribution in [0.1, 0.15) is 39.2 Å². The Morgan fingerprint density at radius 3 is 2.88 bits per heavy atom. The maximum atomic E-state index is 13.3. The number of amides is 1. The summed E-state index contributed by atoms with van der Waals surface area (Å²) < 4.78 is 6.01. The molecule has 0 bridgehead atoms. The van der Waals surface area contributed by atoms with Crippen LogP contribution in [0.4, 0.5) is 10.8 Å². The largest absolute Gasteiger partial charge is 0.368 e. The Balaban J connectivity index is 1.37. The molecule has 4 aromatic rings. The molecule has 4 heterocycles. The fraction of sp³-hybridized carbons (Fsp3) is 0.304. The summed E-state index contributed by atoms with van der Waals surface area (Å²) in [6, 6.07) is 9.89. The molecule has 1 atom stereocenters. The lowest BCUT2D eigenvalue weighted by atomic mass is 10.1. The molecule has 9 heteroatoms. The van der Waals surface area contributed by atoms with Crippen molar-refractivity contribution in [1.82, 2.24) is 25.1 Å². The molecule has 5 rings (SSSR count). The average Bonchev–Trinajstić information content (AvgIpc) is 3.38. The van der Waals surface area contributed by atoms with Crippen LogP contribution in [0.5, 0.6) is 0 Å². The number of aromatic nitrogens is 4. The molecule has 1 amide bonds. The molecule has 1 unspecified atom stereocenters. The van der Waals surface area contributed by atoms with E-state index in [2.05, 4.69) is 25.5 Å². The molecule has 2 N–H and O–H groups in total. The number of fused-ring (bicyclic) bond motifs is 1. The zero-order valence-electron chi connectivity index (χ0n) is 18.2. The number of ether oxygens (including phenoxy) is 1. The van der Waals surface area contributed by atoms with Crippen LogP contribution in [0, 0.1) is 20.8 Å². The normalized spacial score (nSPS) is 16.5. The predicted octanol–water partition coefficient (Wildman–Crippen LogP) is 4.30. The van der Waals surface area contributed by atoms with Gasteiger partial charge in [0.2, 0.25) is 0 Å². The molecular formula is C23H24N6O2S. The number of aryl methyl sites for hydroxylation is 3. The Bertz CT molecular complexity index is 1300. The second kappa shape index (κ2) is 8.33. The van der Waals surface area contributed by atoms with E-state index in [-0.39, 0.29) is 12.0 Å². The highest BCUT2D eigenvalue weighted by molar-refractivity contribution is 7.13. The lowest BCUT2D eigenvalue weighted by Crippen LogP contribution is -2.42. The molecule has 8 nitrogen and oxygen atoms in total. The van der Waals surface area contributed by atoms with E-state index in [0.29, 0.717) is 25.4 Å². The Morgan fingerprint density at radius 2 is 2.06 bits per heavy atom. The van der Waals surface area contributed by atoms with Gasteiger partial charge in [-0.15, -0.1) is 11.3 Å². The second-order valence-corrected chi connectivity index (χ2v) is 8.93. The van der Waals surface area contributed by atoms with E-state index in [1.165, 1.54) is 0 Å². The maximum absolute atomic E-state index is 13.3. The Hall–Kier alpha value is -3.30. The van der Waals surface area contributed by atoms with Crippen molar-refractivity contribution in [3.05, 3.63) is 64.1 Å². The van der Waals surface area contributed by atoms with Crippen molar-refractivity contribution < 1.29 is 9.53 Å².